The van der Waals surface area contributed by atoms with Gasteiger partial charge in [0.15, 0.2) is 5.65 Å². The first kappa shape index (κ1) is 17.4. The van der Waals surface area contributed by atoms with Gasteiger partial charge in [0, 0.05) is 36.7 Å². The summed E-state index contributed by atoms with van der Waals surface area (Å²) in [6.45, 7) is 0.697. The summed E-state index contributed by atoms with van der Waals surface area (Å²) in [5, 5.41) is 7.92. The van der Waals surface area contributed by atoms with Crippen LogP contribution in [0.4, 0.5) is 5.82 Å². The molecule has 4 rings (SSSR count). The van der Waals surface area contributed by atoms with Crippen molar-refractivity contribution in [2.24, 2.45) is 11.7 Å². The Kier molecular flexibility index (Phi) is 5.17. The van der Waals surface area contributed by atoms with Gasteiger partial charge in [0.25, 0.3) is 0 Å². The Hall–Kier alpha value is -1.99. The van der Waals surface area contributed by atoms with Crippen molar-refractivity contribution in [3.63, 3.8) is 0 Å². The van der Waals surface area contributed by atoms with Crippen molar-refractivity contribution in [2.45, 2.75) is 44.7 Å². The highest BCUT2D eigenvalue weighted by molar-refractivity contribution is 9.10. The minimum Gasteiger partial charge on any atom is -0.366 e. The summed E-state index contributed by atoms with van der Waals surface area (Å²) in [4.78, 5) is 9.01. The van der Waals surface area contributed by atoms with Crippen LogP contribution in [0.3, 0.4) is 0 Å². The van der Waals surface area contributed by atoms with Gasteiger partial charge in [-0.2, -0.15) is 9.61 Å². The lowest BCUT2D eigenvalue weighted by molar-refractivity contribution is 0.323. The fraction of sp³-hybridized carbons (Fsp3) is 0.421. The van der Waals surface area contributed by atoms with E-state index in [1.54, 1.807) is 12.4 Å². The average molecular weight is 415 g/mol. The summed E-state index contributed by atoms with van der Waals surface area (Å²) >= 11 is 3.56. The zero-order valence-corrected chi connectivity index (χ0v) is 16.2. The van der Waals surface area contributed by atoms with Gasteiger partial charge < -0.3 is 11.1 Å². The van der Waals surface area contributed by atoms with Gasteiger partial charge in [-0.25, -0.2) is 4.98 Å². The van der Waals surface area contributed by atoms with E-state index in [1.807, 2.05) is 16.8 Å². The van der Waals surface area contributed by atoms with Crippen LogP contribution in [-0.4, -0.2) is 25.6 Å². The summed E-state index contributed by atoms with van der Waals surface area (Å²) in [7, 11) is 0. The molecule has 1 aliphatic carbocycles. The third-order valence-electron chi connectivity index (χ3n) is 5.07. The van der Waals surface area contributed by atoms with Gasteiger partial charge in [-0.1, -0.05) is 6.07 Å². The minimum atomic E-state index is 0.377. The van der Waals surface area contributed by atoms with Gasteiger partial charge in [-0.15, -0.1) is 0 Å². The number of nitrogens with one attached hydrogen (secondary N) is 1. The highest BCUT2D eigenvalue weighted by Gasteiger charge is 2.20. The first-order valence-electron chi connectivity index (χ1n) is 9.10. The number of halogens is 1. The van der Waals surface area contributed by atoms with Crippen LogP contribution in [0.15, 0.2) is 41.3 Å². The molecule has 0 spiro atoms. The number of nitrogens with zero attached hydrogens (tertiary/aromatic N) is 4. The molecule has 6 nitrogen and oxygen atoms in total. The predicted octanol–water partition coefficient (Wildman–Crippen LogP) is 3.56. The number of aromatic nitrogens is 4. The largest absolute Gasteiger partial charge is 0.366 e. The highest BCUT2D eigenvalue weighted by Crippen LogP contribution is 2.28. The summed E-state index contributed by atoms with van der Waals surface area (Å²) in [6.07, 6.45) is 11.1. The summed E-state index contributed by atoms with van der Waals surface area (Å²) < 4.78 is 2.76. The molecule has 7 heteroatoms. The molecule has 136 valence electrons. The highest BCUT2D eigenvalue weighted by atomic mass is 79.9. The summed E-state index contributed by atoms with van der Waals surface area (Å²) in [5.74, 6) is 1.62. The maximum Gasteiger partial charge on any atom is 0.171 e. The maximum atomic E-state index is 6.04. The number of fused-ring (bicyclic) bond motifs is 1. The fourth-order valence-electron chi connectivity index (χ4n) is 3.60. The van der Waals surface area contributed by atoms with Crippen LogP contribution < -0.4 is 11.1 Å². The average Bonchev–Trinajstić information content (AvgIpc) is 3.04. The van der Waals surface area contributed by atoms with E-state index in [2.05, 4.69) is 43.5 Å². The molecule has 0 saturated heterocycles. The Bertz CT molecular complexity index is 870. The molecule has 0 amide bonds. The molecular formula is C19H23BrN6. The van der Waals surface area contributed by atoms with Crippen LogP contribution in [0.5, 0.6) is 0 Å². The van der Waals surface area contributed by atoms with Gasteiger partial charge in [0.1, 0.15) is 5.82 Å². The fourth-order valence-corrected chi connectivity index (χ4v) is 3.95. The van der Waals surface area contributed by atoms with Crippen LogP contribution in [0.25, 0.3) is 5.65 Å². The Morgan fingerprint density at radius 2 is 2.08 bits per heavy atom. The van der Waals surface area contributed by atoms with Crippen molar-refractivity contribution < 1.29 is 0 Å². The number of hydrogen-bond acceptors (Lipinski definition) is 5. The molecule has 0 aromatic carbocycles. The van der Waals surface area contributed by atoms with E-state index < -0.39 is 0 Å². The van der Waals surface area contributed by atoms with Gasteiger partial charge >= 0.3 is 0 Å². The van der Waals surface area contributed by atoms with E-state index in [9.17, 15) is 0 Å². The molecule has 3 aromatic rings. The Labute approximate surface area is 161 Å². The molecule has 3 aromatic heterocycles. The van der Waals surface area contributed by atoms with Gasteiger partial charge in [-0.05, 0) is 65.6 Å². The van der Waals surface area contributed by atoms with Crippen molar-refractivity contribution in [2.75, 3.05) is 5.32 Å². The molecule has 0 bridgehead atoms. The van der Waals surface area contributed by atoms with E-state index in [0.29, 0.717) is 18.5 Å². The van der Waals surface area contributed by atoms with Crippen molar-refractivity contribution in [3.05, 3.63) is 52.5 Å². The van der Waals surface area contributed by atoms with Crippen molar-refractivity contribution in [1.29, 1.82) is 0 Å². The summed E-state index contributed by atoms with van der Waals surface area (Å²) in [6, 6.07) is 6.51. The van der Waals surface area contributed by atoms with E-state index >= 15 is 0 Å². The van der Waals surface area contributed by atoms with Crippen LogP contribution in [0.2, 0.25) is 0 Å². The Morgan fingerprint density at radius 3 is 2.85 bits per heavy atom. The molecular weight excluding hydrogens is 392 g/mol. The molecule has 1 fully saturated rings. The van der Waals surface area contributed by atoms with Gasteiger partial charge in [0.2, 0.25) is 0 Å². The predicted molar refractivity (Wildman–Crippen MR) is 106 cm³/mol. The van der Waals surface area contributed by atoms with Crippen molar-refractivity contribution in [3.8, 4) is 0 Å². The zero-order valence-electron chi connectivity index (χ0n) is 14.6. The standard InChI is InChI=1S/C19H23BrN6/c20-17-12-24-26-18(23-11-14-2-1-7-22-10-14)9-16(25-19(17)26)8-13-3-5-15(21)6-4-13/h1-2,7,9-10,12-13,15,23H,3-6,8,11,21H2. The van der Waals surface area contributed by atoms with E-state index in [1.165, 1.54) is 12.8 Å². The molecule has 0 radical (unpaired) electrons. The quantitative estimate of drug-likeness (QED) is 0.666. The van der Waals surface area contributed by atoms with Gasteiger partial charge in [0.05, 0.1) is 10.7 Å². The number of hydrogen-bond donors (Lipinski definition) is 2. The number of nitrogens with two attached hydrogens (primary N) is 1. The molecule has 0 aliphatic heterocycles. The second-order valence-electron chi connectivity index (χ2n) is 7.06. The third kappa shape index (κ3) is 3.88. The smallest absolute Gasteiger partial charge is 0.171 e. The first-order valence-corrected chi connectivity index (χ1v) is 9.90. The third-order valence-corrected chi connectivity index (χ3v) is 5.63. The van der Waals surface area contributed by atoms with Crippen LogP contribution in [0, 0.1) is 5.92 Å². The molecule has 1 saturated carbocycles. The van der Waals surface area contributed by atoms with Crippen LogP contribution in [-0.2, 0) is 13.0 Å². The zero-order chi connectivity index (χ0) is 17.9. The van der Waals surface area contributed by atoms with Crippen molar-refractivity contribution >= 4 is 27.4 Å². The van der Waals surface area contributed by atoms with E-state index in [0.717, 1.165) is 46.5 Å². The molecule has 3 heterocycles. The van der Waals surface area contributed by atoms with Crippen LogP contribution >= 0.6 is 15.9 Å². The first-order chi connectivity index (χ1) is 12.7. The summed E-state index contributed by atoms with van der Waals surface area (Å²) in [5.41, 5.74) is 9.13. The number of anilines is 1. The molecule has 3 N–H and O–H groups in total. The lowest BCUT2D eigenvalue weighted by Gasteiger charge is -2.25. The SMILES string of the molecule is NC1CCC(Cc2cc(NCc3cccnc3)n3ncc(Br)c3n2)CC1. The second-order valence-corrected chi connectivity index (χ2v) is 7.91. The molecule has 26 heavy (non-hydrogen) atoms. The number of rotatable bonds is 5. The van der Waals surface area contributed by atoms with Crippen LogP contribution in [0.1, 0.15) is 36.9 Å². The lowest BCUT2D eigenvalue weighted by atomic mass is 9.84. The second kappa shape index (κ2) is 7.72. The van der Waals surface area contributed by atoms with Crippen molar-refractivity contribution in [1.82, 2.24) is 19.6 Å². The maximum absolute atomic E-state index is 6.04. The van der Waals surface area contributed by atoms with Gasteiger partial charge in [-0.3, -0.25) is 4.98 Å². The Balaban J connectivity index is 1.57. The molecule has 0 atom stereocenters. The minimum absolute atomic E-state index is 0.377. The van der Waals surface area contributed by atoms with E-state index in [4.69, 9.17) is 10.7 Å². The monoisotopic (exact) mass is 414 g/mol. The number of pyridine rings is 1. The lowest BCUT2D eigenvalue weighted by Crippen LogP contribution is -2.27. The molecule has 0 unspecified atom stereocenters. The molecule has 1 aliphatic rings. The Morgan fingerprint density at radius 1 is 1.23 bits per heavy atom. The van der Waals surface area contributed by atoms with E-state index in [-0.39, 0.29) is 0 Å². The normalized spacial score (nSPS) is 20.4. The topological polar surface area (TPSA) is 81.1 Å².